The van der Waals surface area contributed by atoms with E-state index >= 15 is 0 Å². The van der Waals surface area contributed by atoms with Gasteiger partial charge >= 0.3 is 12.1 Å². The van der Waals surface area contributed by atoms with Gasteiger partial charge in [0.15, 0.2) is 0 Å². The summed E-state index contributed by atoms with van der Waals surface area (Å²) in [5, 5.41) is 1.50. The van der Waals surface area contributed by atoms with Crippen LogP contribution in [0.3, 0.4) is 0 Å². The molecule has 1 aliphatic heterocycles. The Labute approximate surface area is 164 Å². The number of hydrogen-bond acceptors (Lipinski definition) is 6. The average molecular weight is 434 g/mol. The number of nitrogens with zero attached hydrogens (tertiary/aromatic N) is 2. The zero-order valence-electron chi connectivity index (χ0n) is 14.8. The number of carbonyl (C=O) groups excluding carboxylic acids is 1. The van der Waals surface area contributed by atoms with E-state index in [0.717, 1.165) is 23.5 Å². The number of alkyl halides is 3. The summed E-state index contributed by atoms with van der Waals surface area (Å²) in [6.07, 6.45) is -4.44. The first kappa shape index (κ1) is 20.6. The van der Waals surface area contributed by atoms with Gasteiger partial charge in [0.2, 0.25) is 10.0 Å². The Morgan fingerprint density at radius 1 is 1.14 bits per heavy atom. The lowest BCUT2D eigenvalue weighted by molar-refractivity contribution is -0.137. The monoisotopic (exact) mass is 434 g/mol. The third-order valence-corrected chi connectivity index (χ3v) is 7.36. The number of halogens is 3. The number of piperazine rings is 1. The summed E-state index contributed by atoms with van der Waals surface area (Å²) in [4.78, 5) is 13.4. The molecular weight excluding hydrogens is 417 g/mol. The Kier molecular flexibility index (Phi) is 5.69. The number of sulfonamides is 1. The molecule has 28 heavy (non-hydrogen) atoms. The maximum absolute atomic E-state index is 12.9. The predicted molar refractivity (Wildman–Crippen MR) is 98.1 cm³/mol. The van der Waals surface area contributed by atoms with Gasteiger partial charge in [-0.05, 0) is 29.6 Å². The number of methoxy groups -OCH3 is 1. The molecule has 2 aromatic rings. The number of benzene rings is 1. The molecule has 11 heteroatoms. The third kappa shape index (κ3) is 4.01. The van der Waals surface area contributed by atoms with Gasteiger partial charge in [-0.2, -0.15) is 17.5 Å². The average Bonchev–Trinajstić information content (AvgIpc) is 3.18. The molecule has 0 unspecified atom stereocenters. The van der Waals surface area contributed by atoms with Gasteiger partial charge in [-0.3, -0.25) is 0 Å². The summed E-state index contributed by atoms with van der Waals surface area (Å²) < 4.78 is 70.3. The van der Waals surface area contributed by atoms with Crippen LogP contribution in [0.5, 0.6) is 0 Å². The summed E-state index contributed by atoms with van der Waals surface area (Å²) >= 11 is 0.977. The molecular formula is C17H17F3N2O4S2. The number of carbonyl (C=O) groups is 1. The molecule has 1 saturated heterocycles. The van der Waals surface area contributed by atoms with Crippen molar-refractivity contribution in [3.8, 4) is 0 Å². The number of hydrogen-bond donors (Lipinski definition) is 0. The van der Waals surface area contributed by atoms with Crippen LogP contribution in [0.1, 0.15) is 15.2 Å². The Bertz CT molecular complexity index is 965. The zero-order valence-corrected chi connectivity index (χ0v) is 16.4. The number of rotatable bonds is 4. The fraction of sp³-hybridized carbons (Fsp3) is 0.353. The van der Waals surface area contributed by atoms with Gasteiger partial charge < -0.3 is 9.64 Å². The Morgan fingerprint density at radius 3 is 2.43 bits per heavy atom. The molecule has 0 aliphatic carbocycles. The minimum absolute atomic E-state index is 0.00260. The highest BCUT2D eigenvalue weighted by molar-refractivity contribution is 7.89. The first-order chi connectivity index (χ1) is 13.1. The van der Waals surface area contributed by atoms with Crippen molar-refractivity contribution in [2.45, 2.75) is 11.1 Å². The minimum atomic E-state index is -4.44. The van der Waals surface area contributed by atoms with E-state index in [9.17, 15) is 26.4 Å². The summed E-state index contributed by atoms with van der Waals surface area (Å²) in [6, 6.07) is 6.29. The van der Waals surface area contributed by atoms with Crippen LogP contribution in [0.25, 0.3) is 0 Å². The van der Waals surface area contributed by atoms with Crippen molar-refractivity contribution in [2.24, 2.45) is 0 Å². The molecule has 1 aliphatic rings. The van der Waals surface area contributed by atoms with E-state index in [2.05, 4.69) is 4.74 Å². The van der Waals surface area contributed by atoms with Crippen molar-refractivity contribution >= 4 is 33.0 Å². The first-order valence-electron chi connectivity index (χ1n) is 8.23. The highest BCUT2D eigenvalue weighted by atomic mass is 32.2. The van der Waals surface area contributed by atoms with Crippen LogP contribution in [0.15, 0.2) is 40.6 Å². The number of ether oxygens (including phenoxy) is 1. The van der Waals surface area contributed by atoms with Gasteiger partial charge in [-0.1, -0.05) is 6.07 Å². The molecule has 0 saturated carbocycles. The van der Waals surface area contributed by atoms with E-state index in [0.29, 0.717) is 5.69 Å². The van der Waals surface area contributed by atoms with Crippen LogP contribution in [0, 0.1) is 0 Å². The summed E-state index contributed by atoms with van der Waals surface area (Å²) in [6.45, 7) is 0.653. The van der Waals surface area contributed by atoms with Gasteiger partial charge in [0.25, 0.3) is 0 Å². The second kappa shape index (κ2) is 7.72. The van der Waals surface area contributed by atoms with Crippen molar-refractivity contribution in [3.05, 3.63) is 46.2 Å². The summed E-state index contributed by atoms with van der Waals surface area (Å²) in [7, 11) is -2.73. The molecule has 1 aromatic heterocycles. The fourth-order valence-electron chi connectivity index (χ4n) is 2.95. The normalized spacial score (nSPS) is 16.2. The number of anilines is 1. The molecule has 2 heterocycles. The highest BCUT2D eigenvalue weighted by Crippen LogP contribution is 2.32. The van der Waals surface area contributed by atoms with Crippen molar-refractivity contribution < 1.29 is 31.1 Å². The number of esters is 1. The Morgan fingerprint density at radius 2 is 1.82 bits per heavy atom. The molecule has 0 bridgehead atoms. The van der Waals surface area contributed by atoms with Crippen molar-refractivity contribution in [3.63, 3.8) is 0 Å². The van der Waals surface area contributed by atoms with Crippen molar-refractivity contribution in [2.75, 3.05) is 38.2 Å². The van der Waals surface area contributed by atoms with Crippen LogP contribution in [0.4, 0.5) is 18.9 Å². The molecule has 0 atom stereocenters. The van der Waals surface area contributed by atoms with Gasteiger partial charge in [0.1, 0.15) is 9.77 Å². The van der Waals surface area contributed by atoms with Crippen LogP contribution in [0.2, 0.25) is 0 Å². The lowest BCUT2D eigenvalue weighted by Crippen LogP contribution is -2.48. The zero-order chi connectivity index (χ0) is 20.5. The largest absolute Gasteiger partial charge is 0.465 e. The summed E-state index contributed by atoms with van der Waals surface area (Å²) in [5.41, 5.74) is -0.362. The smallest absolute Gasteiger partial charge is 0.416 e. The molecule has 0 N–H and O–H groups in total. The molecule has 6 nitrogen and oxygen atoms in total. The SMILES string of the molecule is COC(=O)c1sccc1S(=O)(=O)N1CCN(c2cccc(C(F)(F)F)c2)CC1. The second-order valence-corrected chi connectivity index (χ2v) is 8.87. The van der Waals surface area contributed by atoms with E-state index < -0.39 is 27.7 Å². The van der Waals surface area contributed by atoms with Crippen LogP contribution in [-0.4, -0.2) is 52.0 Å². The van der Waals surface area contributed by atoms with E-state index in [-0.39, 0.29) is 36.0 Å². The van der Waals surface area contributed by atoms with Crippen LogP contribution >= 0.6 is 11.3 Å². The standard InChI is InChI=1S/C17H17F3N2O4S2/c1-26-16(23)15-14(5-10-27-15)28(24,25)22-8-6-21(7-9-22)13-4-2-3-12(11-13)17(18,19)20/h2-5,10-11H,6-9H2,1H3. The molecule has 0 spiro atoms. The molecule has 1 fully saturated rings. The lowest BCUT2D eigenvalue weighted by Gasteiger charge is -2.35. The predicted octanol–water partition coefficient (Wildman–Crippen LogP) is 3.06. The lowest BCUT2D eigenvalue weighted by atomic mass is 10.1. The molecule has 152 valence electrons. The van der Waals surface area contributed by atoms with Crippen LogP contribution < -0.4 is 4.90 Å². The van der Waals surface area contributed by atoms with Gasteiger partial charge in [0, 0.05) is 31.9 Å². The van der Waals surface area contributed by atoms with Crippen molar-refractivity contribution in [1.29, 1.82) is 0 Å². The third-order valence-electron chi connectivity index (χ3n) is 4.39. The first-order valence-corrected chi connectivity index (χ1v) is 10.5. The Hall–Kier alpha value is -2.11. The topological polar surface area (TPSA) is 66.9 Å². The molecule has 0 amide bonds. The Balaban J connectivity index is 1.75. The van der Waals surface area contributed by atoms with Crippen molar-refractivity contribution in [1.82, 2.24) is 4.31 Å². The highest BCUT2D eigenvalue weighted by Gasteiger charge is 2.34. The maximum atomic E-state index is 12.9. The molecule has 0 radical (unpaired) electrons. The van der Waals surface area contributed by atoms with E-state index in [1.807, 2.05) is 0 Å². The molecule has 3 rings (SSSR count). The fourth-order valence-corrected chi connectivity index (χ4v) is 5.68. The second-order valence-electron chi connectivity index (χ2n) is 6.04. The number of thiophene rings is 1. The molecule has 1 aromatic carbocycles. The van der Waals surface area contributed by atoms with E-state index in [1.54, 1.807) is 11.0 Å². The van der Waals surface area contributed by atoms with Gasteiger partial charge in [-0.25, -0.2) is 13.2 Å². The quantitative estimate of drug-likeness (QED) is 0.692. The van der Waals surface area contributed by atoms with E-state index in [1.165, 1.54) is 28.9 Å². The van der Waals surface area contributed by atoms with Crippen LogP contribution in [-0.2, 0) is 20.9 Å². The van der Waals surface area contributed by atoms with Gasteiger partial charge in [-0.15, -0.1) is 11.3 Å². The van der Waals surface area contributed by atoms with Gasteiger partial charge in [0.05, 0.1) is 12.7 Å². The minimum Gasteiger partial charge on any atom is -0.465 e. The van der Waals surface area contributed by atoms with E-state index in [4.69, 9.17) is 0 Å². The summed E-state index contributed by atoms with van der Waals surface area (Å²) in [5.74, 6) is -0.726. The maximum Gasteiger partial charge on any atom is 0.416 e.